The van der Waals surface area contributed by atoms with Gasteiger partial charge >= 0.3 is 0 Å². The molecule has 0 saturated carbocycles. The monoisotopic (exact) mass is 417 g/mol. The first kappa shape index (κ1) is 21.1. The smallest absolute Gasteiger partial charge is 0.231 e. The van der Waals surface area contributed by atoms with Crippen LogP contribution in [0, 0.1) is 11.8 Å². The number of thiazole rings is 1. The molecule has 1 N–H and O–H groups in total. The van der Waals surface area contributed by atoms with Crippen LogP contribution in [0.25, 0.3) is 11.3 Å². The fourth-order valence-electron chi connectivity index (χ4n) is 3.42. The number of likely N-dealkylation sites (tertiary alicyclic amines) is 1. The highest BCUT2D eigenvalue weighted by Gasteiger charge is 2.29. The van der Waals surface area contributed by atoms with Crippen LogP contribution in [0.5, 0.6) is 11.5 Å². The fourth-order valence-corrected chi connectivity index (χ4v) is 4.15. The van der Waals surface area contributed by atoms with E-state index in [1.807, 2.05) is 37.4 Å². The Morgan fingerprint density at radius 1 is 1.24 bits per heavy atom. The second-order valence-electron chi connectivity index (χ2n) is 7.38. The highest BCUT2D eigenvalue weighted by atomic mass is 32.1. The zero-order valence-corrected chi connectivity index (χ0v) is 18.0. The molecule has 0 radical (unpaired) electrons. The first-order valence-electron chi connectivity index (χ1n) is 9.70. The Bertz CT molecular complexity index is 881. The zero-order chi connectivity index (χ0) is 21.0. The number of hydrogen-bond acceptors (Lipinski definition) is 6. The molecule has 2 heterocycles. The van der Waals surface area contributed by atoms with Crippen LogP contribution >= 0.6 is 11.3 Å². The maximum absolute atomic E-state index is 12.7. The molecule has 1 unspecified atom stereocenters. The van der Waals surface area contributed by atoms with Crippen molar-refractivity contribution < 1.29 is 19.1 Å². The van der Waals surface area contributed by atoms with Gasteiger partial charge in [0.1, 0.15) is 0 Å². The number of piperidine rings is 1. The van der Waals surface area contributed by atoms with Crippen LogP contribution in [0.15, 0.2) is 23.6 Å². The molecule has 8 heteroatoms. The van der Waals surface area contributed by atoms with Crippen LogP contribution in [-0.4, -0.2) is 49.0 Å². The van der Waals surface area contributed by atoms with E-state index in [1.165, 1.54) is 11.3 Å². The summed E-state index contributed by atoms with van der Waals surface area (Å²) in [4.78, 5) is 31.3. The first-order chi connectivity index (χ1) is 13.9. The lowest BCUT2D eigenvalue weighted by molar-refractivity contribution is -0.137. The van der Waals surface area contributed by atoms with E-state index >= 15 is 0 Å². The Kier molecular flexibility index (Phi) is 6.74. The van der Waals surface area contributed by atoms with Gasteiger partial charge in [-0.3, -0.25) is 9.59 Å². The number of carbonyl (C=O) groups excluding carboxylic acids is 2. The molecule has 29 heavy (non-hydrogen) atoms. The summed E-state index contributed by atoms with van der Waals surface area (Å²) in [7, 11) is 3.18. The third kappa shape index (κ3) is 4.87. The molecule has 156 valence electrons. The molecule has 1 aliphatic heterocycles. The molecular weight excluding hydrogens is 390 g/mol. The van der Waals surface area contributed by atoms with Crippen molar-refractivity contribution in [2.45, 2.75) is 26.7 Å². The van der Waals surface area contributed by atoms with Crippen molar-refractivity contribution in [1.29, 1.82) is 0 Å². The van der Waals surface area contributed by atoms with E-state index in [-0.39, 0.29) is 23.7 Å². The standard InChI is InChI=1S/C21H27N3O4S/c1-13(2)20(26)24-9-5-6-15(11-24)19(25)23-21-22-16(12-29-21)14-7-8-17(27-3)18(10-14)28-4/h7-8,10,12-13,15H,5-6,9,11H2,1-4H3,(H,22,23,25). The van der Waals surface area contributed by atoms with Gasteiger partial charge in [-0.1, -0.05) is 13.8 Å². The molecule has 1 fully saturated rings. The fraction of sp³-hybridized carbons (Fsp3) is 0.476. The zero-order valence-electron chi connectivity index (χ0n) is 17.2. The number of hydrogen-bond donors (Lipinski definition) is 1. The molecule has 2 aromatic rings. The maximum Gasteiger partial charge on any atom is 0.231 e. The molecule has 1 aliphatic rings. The lowest BCUT2D eigenvalue weighted by Gasteiger charge is -2.33. The number of nitrogens with one attached hydrogen (secondary N) is 1. The summed E-state index contributed by atoms with van der Waals surface area (Å²) in [6.07, 6.45) is 1.62. The number of carbonyl (C=O) groups is 2. The Balaban J connectivity index is 1.67. The predicted octanol–water partition coefficient (Wildman–Crippen LogP) is 3.66. The van der Waals surface area contributed by atoms with E-state index in [9.17, 15) is 9.59 Å². The second kappa shape index (κ2) is 9.26. The predicted molar refractivity (Wildman–Crippen MR) is 113 cm³/mol. The number of nitrogens with zero attached hydrogens (tertiary/aromatic N) is 2. The number of aromatic nitrogens is 1. The number of anilines is 1. The molecule has 0 bridgehead atoms. The van der Waals surface area contributed by atoms with Crippen LogP contribution < -0.4 is 14.8 Å². The summed E-state index contributed by atoms with van der Waals surface area (Å²) in [6, 6.07) is 5.59. The van der Waals surface area contributed by atoms with Crippen LogP contribution in [0.3, 0.4) is 0 Å². The minimum absolute atomic E-state index is 0.0557. The summed E-state index contributed by atoms with van der Waals surface area (Å²) in [6.45, 7) is 4.97. The number of ether oxygens (including phenoxy) is 2. The van der Waals surface area contributed by atoms with Gasteiger partial charge < -0.3 is 19.7 Å². The third-order valence-corrected chi connectivity index (χ3v) is 5.77. The van der Waals surface area contributed by atoms with Gasteiger partial charge in [0.2, 0.25) is 11.8 Å². The van der Waals surface area contributed by atoms with Gasteiger partial charge in [-0.05, 0) is 31.0 Å². The van der Waals surface area contributed by atoms with Crippen molar-refractivity contribution in [2.75, 3.05) is 32.6 Å². The normalized spacial score (nSPS) is 16.6. The van der Waals surface area contributed by atoms with E-state index in [1.54, 1.807) is 19.1 Å². The first-order valence-corrected chi connectivity index (χ1v) is 10.6. The Hall–Kier alpha value is -2.61. The molecule has 1 aromatic heterocycles. The van der Waals surface area contributed by atoms with Gasteiger partial charge in [0, 0.05) is 30.0 Å². The van der Waals surface area contributed by atoms with Crippen molar-refractivity contribution in [3.63, 3.8) is 0 Å². The highest BCUT2D eigenvalue weighted by Crippen LogP contribution is 2.33. The maximum atomic E-state index is 12.7. The van der Waals surface area contributed by atoms with E-state index in [0.29, 0.717) is 23.2 Å². The van der Waals surface area contributed by atoms with Crippen molar-refractivity contribution in [1.82, 2.24) is 9.88 Å². The van der Waals surface area contributed by atoms with Gasteiger partial charge in [0.25, 0.3) is 0 Å². The summed E-state index contributed by atoms with van der Waals surface area (Å²) >= 11 is 1.38. The average molecular weight is 418 g/mol. The summed E-state index contributed by atoms with van der Waals surface area (Å²) < 4.78 is 10.6. The van der Waals surface area contributed by atoms with Crippen molar-refractivity contribution in [2.24, 2.45) is 11.8 Å². The topological polar surface area (TPSA) is 80.8 Å². The average Bonchev–Trinajstić information content (AvgIpc) is 3.21. The van der Waals surface area contributed by atoms with E-state index in [0.717, 1.165) is 30.6 Å². The van der Waals surface area contributed by atoms with Crippen LogP contribution in [0.2, 0.25) is 0 Å². The molecule has 1 aromatic carbocycles. The van der Waals surface area contributed by atoms with Gasteiger partial charge in [0.05, 0.1) is 25.8 Å². The molecule has 1 saturated heterocycles. The SMILES string of the molecule is COc1ccc(-c2csc(NC(=O)C3CCCN(C(=O)C(C)C)C3)n2)cc1OC. The molecule has 7 nitrogen and oxygen atoms in total. The third-order valence-electron chi connectivity index (χ3n) is 5.01. The molecule has 1 atom stereocenters. The van der Waals surface area contributed by atoms with Gasteiger partial charge in [0.15, 0.2) is 16.6 Å². The number of methoxy groups -OCH3 is 2. The van der Waals surface area contributed by atoms with Crippen molar-refractivity contribution in [3.05, 3.63) is 23.6 Å². The molecule has 2 amide bonds. The quantitative estimate of drug-likeness (QED) is 0.776. The Labute approximate surface area is 175 Å². The summed E-state index contributed by atoms with van der Waals surface area (Å²) in [5, 5.41) is 5.36. The molecule has 0 aliphatic carbocycles. The van der Waals surface area contributed by atoms with E-state index in [4.69, 9.17) is 9.47 Å². The molecule has 0 spiro atoms. The van der Waals surface area contributed by atoms with Crippen LogP contribution in [0.1, 0.15) is 26.7 Å². The lowest BCUT2D eigenvalue weighted by Crippen LogP contribution is -2.45. The van der Waals surface area contributed by atoms with Crippen LogP contribution in [-0.2, 0) is 9.59 Å². The van der Waals surface area contributed by atoms with Gasteiger partial charge in [-0.15, -0.1) is 11.3 Å². The lowest BCUT2D eigenvalue weighted by atomic mass is 9.96. The summed E-state index contributed by atoms with van der Waals surface area (Å²) in [5.41, 5.74) is 1.64. The Morgan fingerprint density at radius 2 is 2.00 bits per heavy atom. The minimum Gasteiger partial charge on any atom is -0.493 e. The molecule has 3 rings (SSSR count). The van der Waals surface area contributed by atoms with Crippen molar-refractivity contribution in [3.8, 4) is 22.8 Å². The van der Waals surface area contributed by atoms with E-state index < -0.39 is 0 Å². The number of rotatable bonds is 6. The van der Waals surface area contributed by atoms with Gasteiger partial charge in [-0.25, -0.2) is 4.98 Å². The largest absolute Gasteiger partial charge is 0.493 e. The second-order valence-corrected chi connectivity index (χ2v) is 8.23. The number of benzene rings is 1. The Morgan fingerprint density at radius 3 is 2.69 bits per heavy atom. The summed E-state index contributed by atoms with van der Waals surface area (Å²) in [5.74, 6) is 1.03. The van der Waals surface area contributed by atoms with Crippen LogP contribution in [0.4, 0.5) is 5.13 Å². The minimum atomic E-state index is -0.208. The molecular formula is C21H27N3O4S. The number of amides is 2. The van der Waals surface area contributed by atoms with Crippen molar-refractivity contribution >= 4 is 28.3 Å². The van der Waals surface area contributed by atoms with E-state index in [2.05, 4.69) is 10.3 Å². The highest BCUT2D eigenvalue weighted by molar-refractivity contribution is 7.14. The van der Waals surface area contributed by atoms with Gasteiger partial charge in [-0.2, -0.15) is 0 Å².